The molecule has 98 valence electrons. The van der Waals surface area contributed by atoms with Crippen LogP contribution in [0.2, 0.25) is 0 Å². The summed E-state index contributed by atoms with van der Waals surface area (Å²) in [5, 5.41) is 11.0. The second kappa shape index (κ2) is 5.60. The molecule has 5 nitrogen and oxygen atoms in total. The van der Waals surface area contributed by atoms with Gasteiger partial charge < -0.3 is 18.9 Å². The predicted octanol–water partition coefficient (Wildman–Crippen LogP) is -2.14. The van der Waals surface area contributed by atoms with Crippen LogP contribution >= 0.6 is 0 Å². The molecule has 2 aromatic rings. The SMILES string of the molecule is Cc1ccoc1C(=O)c1ccc2n1CCC2C(=O)[O-].[Na+]. The normalized spacial score (nSPS) is 16.6. The molecule has 1 aliphatic rings. The van der Waals surface area contributed by atoms with Crippen molar-refractivity contribution >= 4 is 11.8 Å². The molecule has 2 aromatic heterocycles. The first-order chi connectivity index (χ1) is 9.09. The largest absolute Gasteiger partial charge is 1.00 e. The molecule has 0 bridgehead atoms. The fourth-order valence-corrected chi connectivity index (χ4v) is 2.60. The number of hydrogen-bond acceptors (Lipinski definition) is 4. The van der Waals surface area contributed by atoms with Crippen LogP contribution in [-0.4, -0.2) is 16.3 Å². The van der Waals surface area contributed by atoms with Gasteiger partial charge in [-0.25, -0.2) is 0 Å². The Morgan fingerprint density at radius 2 is 2.10 bits per heavy atom. The van der Waals surface area contributed by atoms with Gasteiger partial charge in [-0.1, -0.05) is 0 Å². The van der Waals surface area contributed by atoms with E-state index in [9.17, 15) is 14.7 Å². The van der Waals surface area contributed by atoms with Crippen molar-refractivity contribution in [3.63, 3.8) is 0 Å². The monoisotopic (exact) mass is 281 g/mol. The first-order valence-corrected chi connectivity index (χ1v) is 6.08. The van der Waals surface area contributed by atoms with Crippen molar-refractivity contribution < 1.29 is 48.7 Å². The van der Waals surface area contributed by atoms with Crippen molar-refractivity contribution in [2.45, 2.75) is 25.8 Å². The van der Waals surface area contributed by atoms with E-state index in [-0.39, 0.29) is 35.3 Å². The average Bonchev–Trinajstić information content (AvgIpc) is 3.01. The van der Waals surface area contributed by atoms with Crippen LogP contribution < -0.4 is 34.7 Å². The van der Waals surface area contributed by atoms with Crippen molar-refractivity contribution in [2.24, 2.45) is 0 Å². The topological polar surface area (TPSA) is 75.3 Å². The van der Waals surface area contributed by atoms with Crippen molar-refractivity contribution in [1.82, 2.24) is 4.57 Å². The van der Waals surface area contributed by atoms with E-state index in [0.29, 0.717) is 30.1 Å². The van der Waals surface area contributed by atoms with Gasteiger partial charge >= 0.3 is 29.6 Å². The van der Waals surface area contributed by atoms with Gasteiger partial charge in [0.1, 0.15) is 0 Å². The second-order valence-corrected chi connectivity index (χ2v) is 4.72. The first-order valence-electron chi connectivity index (χ1n) is 6.08. The van der Waals surface area contributed by atoms with Gasteiger partial charge in [0.25, 0.3) is 0 Å². The number of carboxylic acid groups (broad SMARTS) is 1. The Balaban J connectivity index is 0.00000147. The summed E-state index contributed by atoms with van der Waals surface area (Å²) >= 11 is 0. The molecule has 0 saturated heterocycles. The first kappa shape index (κ1) is 15.1. The molecule has 6 heteroatoms. The molecule has 1 aliphatic heterocycles. The van der Waals surface area contributed by atoms with Crippen LogP contribution in [0.5, 0.6) is 0 Å². The van der Waals surface area contributed by atoms with Gasteiger partial charge in [-0.2, -0.15) is 0 Å². The summed E-state index contributed by atoms with van der Waals surface area (Å²) in [6, 6.07) is 5.05. The number of rotatable bonds is 3. The number of hydrogen-bond donors (Lipinski definition) is 0. The maximum atomic E-state index is 12.3. The Kier molecular flexibility index (Phi) is 4.22. The van der Waals surface area contributed by atoms with E-state index in [1.165, 1.54) is 6.26 Å². The Hall–Kier alpha value is -1.30. The fourth-order valence-electron chi connectivity index (χ4n) is 2.60. The van der Waals surface area contributed by atoms with Crippen molar-refractivity contribution in [3.8, 4) is 0 Å². The van der Waals surface area contributed by atoms with Gasteiger partial charge in [-0.3, -0.25) is 4.79 Å². The van der Waals surface area contributed by atoms with Crippen molar-refractivity contribution in [1.29, 1.82) is 0 Å². The van der Waals surface area contributed by atoms with Crippen LogP contribution in [0.25, 0.3) is 0 Å². The number of fused-ring (bicyclic) bond motifs is 1. The molecule has 0 amide bonds. The number of aryl methyl sites for hydroxylation is 1. The third kappa shape index (κ3) is 2.26. The number of carbonyl (C=O) groups is 2. The Labute approximate surface area is 137 Å². The molecular weight excluding hydrogens is 269 g/mol. The zero-order valence-electron chi connectivity index (χ0n) is 11.4. The van der Waals surface area contributed by atoms with Gasteiger partial charge in [0, 0.05) is 18.2 Å². The number of carboxylic acids is 1. The Morgan fingerprint density at radius 1 is 1.35 bits per heavy atom. The molecule has 1 atom stereocenters. The molecule has 0 aromatic carbocycles. The number of aliphatic carboxylic acids is 1. The number of nitrogens with zero attached hydrogens (tertiary/aromatic N) is 1. The molecule has 0 spiro atoms. The Morgan fingerprint density at radius 3 is 2.70 bits per heavy atom. The van der Waals surface area contributed by atoms with E-state index in [1.54, 1.807) is 29.7 Å². The van der Waals surface area contributed by atoms with E-state index in [0.717, 1.165) is 5.56 Å². The molecule has 0 radical (unpaired) electrons. The summed E-state index contributed by atoms with van der Waals surface area (Å²) in [6.45, 7) is 2.32. The van der Waals surface area contributed by atoms with Crippen LogP contribution in [-0.2, 0) is 11.3 Å². The summed E-state index contributed by atoms with van der Waals surface area (Å²) in [6.07, 6.45) is 1.94. The summed E-state index contributed by atoms with van der Waals surface area (Å²) in [5.74, 6) is -1.63. The van der Waals surface area contributed by atoms with E-state index < -0.39 is 11.9 Å². The maximum absolute atomic E-state index is 12.3. The standard InChI is InChI=1S/C14H13NO4.Na/c1-8-5-7-19-13(8)12(16)11-3-2-10-9(14(17)18)4-6-15(10)11;/h2-3,5,7,9H,4,6H2,1H3,(H,17,18);/q;+1/p-1. The van der Waals surface area contributed by atoms with Crippen LogP contribution in [0, 0.1) is 6.92 Å². The third-order valence-electron chi connectivity index (χ3n) is 3.60. The molecule has 1 unspecified atom stereocenters. The number of ketones is 1. The minimum atomic E-state index is -1.09. The molecule has 3 rings (SSSR count). The van der Waals surface area contributed by atoms with Gasteiger partial charge in [-0.05, 0) is 37.1 Å². The molecule has 0 N–H and O–H groups in total. The molecule has 0 aliphatic carbocycles. The molecule has 20 heavy (non-hydrogen) atoms. The minimum absolute atomic E-state index is 0. The van der Waals surface area contributed by atoms with Gasteiger partial charge in [0.05, 0.1) is 17.9 Å². The average molecular weight is 281 g/mol. The van der Waals surface area contributed by atoms with Crippen molar-refractivity contribution in [3.05, 3.63) is 47.2 Å². The van der Waals surface area contributed by atoms with Crippen molar-refractivity contribution in [2.75, 3.05) is 0 Å². The molecule has 3 heterocycles. The quantitative estimate of drug-likeness (QED) is 0.475. The van der Waals surface area contributed by atoms with Crippen LogP contribution in [0.4, 0.5) is 0 Å². The number of carbonyl (C=O) groups excluding carboxylic acids is 2. The van der Waals surface area contributed by atoms with E-state index >= 15 is 0 Å². The summed E-state index contributed by atoms with van der Waals surface area (Å²) in [4.78, 5) is 23.3. The van der Waals surface area contributed by atoms with E-state index in [4.69, 9.17) is 4.42 Å². The number of furan rings is 1. The summed E-state index contributed by atoms with van der Waals surface area (Å²) < 4.78 is 6.93. The smallest absolute Gasteiger partial charge is 0.549 e. The number of aromatic nitrogens is 1. The predicted molar refractivity (Wildman–Crippen MR) is 63.7 cm³/mol. The zero-order chi connectivity index (χ0) is 13.6. The summed E-state index contributed by atoms with van der Waals surface area (Å²) in [5.41, 5.74) is 1.87. The van der Waals surface area contributed by atoms with E-state index in [1.807, 2.05) is 0 Å². The maximum Gasteiger partial charge on any atom is 1.00 e. The Bertz CT molecular complexity index is 671. The van der Waals surface area contributed by atoms with Crippen LogP contribution in [0.1, 0.15) is 39.8 Å². The molecular formula is C14H12NNaO4. The minimum Gasteiger partial charge on any atom is -0.549 e. The molecule has 0 saturated carbocycles. The second-order valence-electron chi connectivity index (χ2n) is 4.72. The van der Waals surface area contributed by atoms with Crippen LogP contribution in [0.3, 0.4) is 0 Å². The zero-order valence-corrected chi connectivity index (χ0v) is 13.4. The summed E-state index contributed by atoms with van der Waals surface area (Å²) in [7, 11) is 0. The molecule has 0 fully saturated rings. The third-order valence-corrected chi connectivity index (χ3v) is 3.60. The van der Waals surface area contributed by atoms with Gasteiger partial charge in [0.15, 0.2) is 5.76 Å². The van der Waals surface area contributed by atoms with Crippen LogP contribution in [0.15, 0.2) is 28.9 Å². The van der Waals surface area contributed by atoms with Gasteiger partial charge in [0.2, 0.25) is 5.78 Å². The van der Waals surface area contributed by atoms with E-state index in [2.05, 4.69) is 0 Å². The van der Waals surface area contributed by atoms with Gasteiger partial charge in [-0.15, -0.1) is 0 Å². The fraction of sp³-hybridized carbons (Fsp3) is 0.286.